The van der Waals surface area contributed by atoms with E-state index in [0.717, 1.165) is 5.69 Å². The normalized spacial score (nSPS) is 10.2. The van der Waals surface area contributed by atoms with E-state index in [1.807, 2.05) is 6.92 Å². The third-order valence-electron chi connectivity index (χ3n) is 2.43. The molecule has 0 fully saturated rings. The molecule has 2 aromatic rings. The van der Waals surface area contributed by atoms with Crippen LogP contribution in [0.3, 0.4) is 0 Å². The average Bonchev–Trinajstić information content (AvgIpc) is 2.33. The first-order valence-electron chi connectivity index (χ1n) is 5.44. The first-order valence-corrected chi connectivity index (χ1v) is 5.44. The van der Waals surface area contributed by atoms with Gasteiger partial charge >= 0.3 is 0 Å². The number of hydrazine groups is 1. The van der Waals surface area contributed by atoms with E-state index in [0.29, 0.717) is 23.0 Å². The highest BCUT2D eigenvalue weighted by Crippen LogP contribution is 2.19. The number of hydrogen-bond donors (Lipinski definition) is 3. The Labute approximate surface area is 104 Å². The third-order valence-corrected chi connectivity index (χ3v) is 2.43. The Hall–Kier alpha value is -2.21. The molecule has 18 heavy (non-hydrogen) atoms. The molecule has 0 saturated heterocycles. The molecule has 1 heterocycles. The average molecular weight is 247 g/mol. The molecule has 2 rings (SSSR count). The van der Waals surface area contributed by atoms with Crippen molar-refractivity contribution in [2.24, 2.45) is 5.84 Å². The van der Waals surface area contributed by atoms with Crippen LogP contribution in [-0.2, 0) is 0 Å². The monoisotopic (exact) mass is 247 g/mol. The second-order valence-corrected chi connectivity index (χ2v) is 3.95. The molecule has 5 nitrogen and oxygen atoms in total. The number of nitrogens with two attached hydrogens (primary N) is 1. The maximum atomic E-state index is 13.4. The summed E-state index contributed by atoms with van der Waals surface area (Å²) in [6, 6.07) is 6.65. The van der Waals surface area contributed by atoms with Crippen molar-refractivity contribution in [1.82, 2.24) is 9.97 Å². The van der Waals surface area contributed by atoms with Crippen LogP contribution in [0.15, 0.2) is 24.3 Å². The van der Waals surface area contributed by atoms with Crippen LogP contribution in [0.2, 0.25) is 0 Å². The zero-order valence-corrected chi connectivity index (χ0v) is 10.2. The van der Waals surface area contributed by atoms with E-state index in [2.05, 4.69) is 20.7 Å². The van der Waals surface area contributed by atoms with Crippen molar-refractivity contribution in [2.75, 3.05) is 10.7 Å². The summed E-state index contributed by atoms with van der Waals surface area (Å²) < 4.78 is 13.4. The quantitative estimate of drug-likeness (QED) is 0.573. The molecule has 1 aromatic heterocycles. The molecule has 0 saturated carbocycles. The standard InChI is InChI=1S/C12H14FN5/c1-7-3-4-9(6-10(7)13)16-11-5-8(2)15-12(17-11)18-14/h3-6H,14H2,1-2H3,(H2,15,16,17,18). The summed E-state index contributed by atoms with van der Waals surface area (Å²) in [4.78, 5) is 8.18. The maximum Gasteiger partial charge on any atom is 0.239 e. The second kappa shape index (κ2) is 4.97. The van der Waals surface area contributed by atoms with E-state index in [-0.39, 0.29) is 5.82 Å². The van der Waals surface area contributed by atoms with Gasteiger partial charge in [-0.1, -0.05) is 6.07 Å². The lowest BCUT2D eigenvalue weighted by Crippen LogP contribution is -2.11. The van der Waals surface area contributed by atoms with Gasteiger partial charge < -0.3 is 5.32 Å². The first-order chi connectivity index (χ1) is 8.58. The van der Waals surface area contributed by atoms with Crippen LogP contribution in [0.5, 0.6) is 0 Å². The summed E-state index contributed by atoms with van der Waals surface area (Å²) >= 11 is 0. The number of hydrogen-bond acceptors (Lipinski definition) is 5. The molecule has 0 aliphatic rings. The van der Waals surface area contributed by atoms with Crippen LogP contribution in [0.4, 0.5) is 21.8 Å². The van der Waals surface area contributed by atoms with E-state index in [1.54, 1.807) is 25.1 Å². The SMILES string of the molecule is Cc1cc(Nc2ccc(C)c(F)c2)nc(NN)n1. The minimum atomic E-state index is -0.261. The molecule has 6 heteroatoms. The largest absolute Gasteiger partial charge is 0.340 e. The highest BCUT2D eigenvalue weighted by Gasteiger charge is 2.03. The zero-order chi connectivity index (χ0) is 13.1. The molecule has 0 bridgehead atoms. The summed E-state index contributed by atoms with van der Waals surface area (Å²) in [5.74, 6) is 5.87. The fourth-order valence-electron chi connectivity index (χ4n) is 1.52. The van der Waals surface area contributed by atoms with Gasteiger partial charge in [0.05, 0.1) is 0 Å². The summed E-state index contributed by atoms with van der Waals surface area (Å²) in [6.45, 7) is 3.54. The number of benzene rings is 1. The van der Waals surface area contributed by atoms with Crippen LogP contribution in [0.25, 0.3) is 0 Å². The highest BCUT2D eigenvalue weighted by molar-refractivity contribution is 5.58. The number of halogens is 1. The lowest BCUT2D eigenvalue weighted by atomic mass is 10.2. The number of nitrogens with one attached hydrogen (secondary N) is 2. The fraction of sp³-hybridized carbons (Fsp3) is 0.167. The molecule has 94 valence electrons. The number of anilines is 3. The van der Waals surface area contributed by atoms with E-state index in [4.69, 9.17) is 5.84 Å². The first kappa shape index (κ1) is 12.3. The Bertz CT molecular complexity index is 570. The van der Waals surface area contributed by atoms with E-state index >= 15 is 0 Å². The van der Waals surface area contributed by atoms with Gasteiger partial charge in [-0.05, 0) is 31.5 Å². The molecule has 4 N–H and O–H groups in total. The van der Waals surface area contributed by atoms with E-state index in [1.165, 1.54) is 6.07 Å². The van der Waals surface area contributed by atoms with Crippen molar-refractivity contribution in [3.05, 3.63) is 41.3 Å². The van der Waals surface area contributed by atoms with Crippen LogP contribution < -0.4 is 16.6 Å². The van der Waals surface area contributed by atoms with Gasteiger partial charge in [-0.25, -0.2) is 15.2 Å². The van der Waals surface area contributed by atoms with Crippen molar-refractivity contribution in [2.45, 2.75) is 13.8 Å². The van der Waals surface area contributed by atoms with Gasteiger partial charge in [0.25, 0.3) is 0 Å². The van der Waals surface area contributed by atoms with Gasteiger partial charge in [0.1, 0.15) is 11.6 Å². The van der Waals surface area contributed by atoms with Crippen molar-refractivity contribution in [1.29, 1.82) is 0 Å². The number of nitrogens with zero attached hydrogens (tertiary/aromatic N) is 2. The highest BCUT2D eigenvalue weighted by atomic mass is 19.1. The van der Waals surface area contributed by atoms with E-state index in [9.17, 15) is 4.39 Å². The van der Waals surface area contributed by atoms with Crippen molar-refractivity contribution >= 4 is 17.5 Å². The van der Waals surface area contributed by atoms with Gasteiger partial charge in [-0.3, -0.25) is 5.43 Å². The molecule has 0 amide bonds. The number of aryl methyl sites for hydroxylation is 2. The predicted octanol–water partition coefficient (Wildman–Crippen LogP) is 2.26. The predicted molar refractivity (Wildman–Crippen MR) is 69.0 cm³/mol. The van der Waals surface area contributed by atoms with Gasteiger partial charge in [-0.15, -0.1) is 0 Å². The minimum absolute atomic E-state index is 0.261. The van der Waals surface area contributed by atoms with Gasteiger partial charge in [0, 0.05) is 17.4 Å². The Morgan fingerprint density at radius 2 is 1.94 bits per heavy atom. The van der Waals surface area contributed by atoms with Crippen molar-refractivity contribution < 1.29 is 4.39 Å². The molecule has 0 spiro atoms. The van der Waals surface area contributed by atoms with Gasteiger partial charge in [0.15, 0.2) is 0 Å². The lowest BCUT2D eigenvalue weighted by Gasteiger charge is -2.08. The molecule has 0 atom stereocenters. The Morgan fingerprint density at radius 3 is 2.61 bits per heavy atom. The zero-order valence-electron chi connectivity index (χ0n) is 10.2. The number of aromatic nitrogens is 2. The molecule has 0 aliphatic carbocycles. The third kappa shape index (κ3) is 2.72. The smallest absolute Gasteiger partial charge is 0.239 e. The Morgan fingerprint density at radius 1 is 1.17 bits per heavy atom. The summed E-state index contributed by atoms with van der Waals surface area (Å²) in [5.41, 5.74) is 4.36. The van der Waals surface area contributed by atoms with Crippen LogP contribution in [-0.4, -0.2) is 9.97 Å². The molecule has 0 aliphatic heterocycles. The molecule has 1 aromatic carbocycles. The minimum Gasteiger partial charge on any atom is -0.340 e. The maximum absolute atomic E-state index is 13.4. The van der Waals surface area contributed by atoms with Crippen LogP contribution >= 0.6 is 0 Å². The van der Waals surface area contributed by atoms with Gasteiger partial charge in [0.2, 0.25) is 5.95 Å². The van der Waals surface area contributed by atoms with Crippen molar-refractivity contribution in [3.63, 3.8) is 0 Å². The Balaban J connectivity index is 2.27. The fourth-order valence-corrected chi connectivity index (χ4v) is 1.52. The van der Waals surface area contributed by atoms with Gasteiger partial charge in [-0.2, -0.15) is 4.98 Å². The number of nitrogen functional groups attached to an aromatic ring is 1. The molecule has 0 radical (unpaired) electrons. The molecular formula is C12H14FN5. The van der Waals surface area contributed by atoms with E-state index < -0.39 is 0 Å². The number of rotatable bonds is 3. The summed E-state index contributed by atoms with van der Waals surface area (Å²) in [6.07, 6.45) is 0. The Kier molecular flexibility index (Phi) is 3.38. The lowest BCUT2D eigenvalue weighted by molar-refractivity contribution is 0.619. The second-order valence-electron chi connectivity index (χ2n) is 3.95. The summed E-state index contributed by atoms with van der Waals surface area (Å²) in [7, 11) is 0. The molecular weight excluding hydrogens is 233 g/mol. The topological polar surface area (TPSA) is 75.9 Å². The summed E-state index contributed by atoms with van der Waals surface area (Å²) in [5, 5.41) is 3.00. The molecule has 0 unspecified atom stereocenters. The van der Waals surface area contributed by atoms with Crippen LogP contribution in [0.1, 0.15) is 11.3 Å². The van der Waals surface area contributed by atoms with Crippen molar-refractivity contribution in [3.8, 4) is 0 Å². The van der Waals surface area contributed by atoms with Crippen LogP contribution in [0, 0.1) is 19.7 Å².